The Labute approximate surface area is 118 Å². The van der Waals surface area contributed by atoms with E-state index in [1.807, 2.05) is 0 Å². The Hall–Kier alpha value is -0.0800. The van der Waals surface area contributed by atoms with Gasteiger partial charge in [-0.25, -0.2) is 0 Å². The van der Waals surface area contributed by atoms with Crippen molar-refractivity contribution >= 4 is 0 Å². The lowest BCUT2D eigenvalue weighted by Gasteiger charge is -2.46. The third-order valence-electron chi connectivity index (χ3n) is 6.03. The molecule has 0 aromatic carbocycles. The summed E-state index contributed by atoms with van der Waals surface area (Å²) >= 11 is 0. The summed E-state index contributed by atoms with van der Waals surface area (Å²) in [5.41, 5.74) is 0.423. The highest BCUT2D eigenvalue weighted by atomic mass is 16.3. The molecule has 3 aliphatic rings. The molecule has 3 unspecified atom stereocenters. The highest BCUT2D eigenvalue weighted by molar-refractivity contribution is 4.97. The SMILES string of the molecule is CC1(C)CCC(O)C(N2CCCC2C2CCCC2)C1. The molecule has 110 valence electrons. The maximum atomic E-state index is 10.5. The zero-order valence-corrected chi connectivity index (χ0v) is 12.8. The molecule has 2 saturated carbocycles. The van der Waals surface area contributed by atoms with Crippen molar-refractivity contribution in [2.45, 2.75) is 89.8 Å². The Morgan fingerprint density at radius 3 is 2.42 bits per heavy atom. The van der Waals surface area contributed by atoms with Gasteiger partial charge in [-0.05, 0) is 62.8 Å². The van der Waals surface area contributed by atoms with Crippen LogP contribution < -0.4 is 0 Å². The molecule has 3 rings (SSSR count). The van der Waals surface area contributed by atoms with Crippen LogP contribution in [0.2, 0.25) is 0 Å². The summed E-state index contributed by atoms with van der Waals surface area (Å²) in [6.45, 7) is 6.00. The van der Waals surface area contributed by atoms with E-state index in [1.165, 1.54) is 57.9 Å². The van der Waals surface area contributed by atoms with Crippen molar-refractivity contribution in [2.24, 2.45) is 11.3 Å². The Morgan fingerprint density at radius 2 is 1.68 bits per heavy atom. The molecule has 0 aromatic heterocycles. The molecule has 3 fully saturated rings. The van der Waals surface area contributed by atoms with Crippen LogP contribution in [0.5, 0.6) is 0 Å². The standard InChI is InChI=1S/C17H31NO/c1-17(2)10-9-16(19)15(12-17)18-11-5-8-14(18)13-6-3-4-7-13/h13-16,19H,3-12H2,1-2H3. The average Bonchev–Trinajstić information content (AvgIpc) is 3.01. The van der Waals surface area contributed by atoms with Gasteiger partial charge < -0.3 is 5.11 Å². The Bertz CT molecular complexity index is 308. The van der Waals surface area contributed by atoms with E-state index in [2.05, 4.69) is 18.7 Å². The largest absolute Gasteiger partial charge is 0.391 e. The molecule has 1 N–H and O–H groups in total. The van der Waals surface area contributed by atoms with Crippen molar-refractivity contribution in [1.82, 2.24) is 4.90 Å². The van der Waals surface area contributed by atoms with Crippen LogP contribution >= 0.6 is 0 Å². The quantitative estimate of drug-likeness (QED) is 0.825. The summed E-state index contributed by atoms with van der Waals surface area (Å²) in [7, 11) is 0. The van der Waals surface area contributed by atoms with Gasteiger partial charge in [0.2, 0.25) is 0 Å². The maximum Gasteiger partial charge on any atom is 0.0695 e. The van der Waals surface area contributed by atoms with Crippen molar-refractivity contribution in [1.29, 1.82) is 0 Å². The number of nitrogens with zero attached hydrogens (tertiary/aromatic N) is 1. The fraction of sp³-hybridized carbons (Fsp3) is 1.00. The minimum atomic E-state index is -0.0740. The second kappa shape index (κ2) is 5.37. The van der Waals surface area contributed by atoms with Crippen molar-refractivity contribution in [2.75, 3.05) is 6.54 Å². The van der Waals surface area contributed by atoms with E-state index in [9.17, 15) is 5.11 Å². The summed E-state index contributed by atoms with van der Waals surface area (Å²) in [4.78, 5) is 2.72. The summed E-state index contributed by atoms with van der Waals surface area (Å²) in [6, 6.07) is 1.23. The topological polar surface area (TPSA) is 23.5 Å². The van der Waals surface area contributed by atoms with Crippen LogP contribution in [0.3, 0.4) is 0 Å². The maximum absolute atomic E-state index is 10.5. The molecular weight excluding hydrogens is 234 g/mol. The number of hydrogen-bond donors (Lipinski definition) is 1. The van der Waals surface area contributed by atoms with Gasteiger partial charge in [-0.3, -0.25) is 4.90 Å². The normalized spacial score (nSPS) is 40.9. The lowest BCUT2D eigenvalue weighted by Crippen LogP contribution is -2.52. The first-order valence-corrected chi connectivity index (χ1v) is 8.51. The average molecular weight is 265 g/mol. The molecule has 0 spiro atoms. The number of aliphatic hydroxyl groups excluding tert-OH is 1. The van der Waals surface area contributed by atoms with Crippen LogP contribution in [-0.2, 0) is 0 Å². The van der Waals surface area contributed by atoms with Gasteiger partial charge in [0.15, 0.2) is 0 Å². The van der Waals surface area contributed by atoms with E-state index in [0.29, 0.717) is 11.5 Å². The van der Waals surface area contributed by atoms with E-state index in [0.717, 1.165) is 18.4 Å². The first-order valence-electron chi connectivity index (χ1n) is 8.51. The first kappa shape index (κ1) is 13.9. The zero-order chi connectivity index (χ0) is 13.5. The minimum absolute atomic E-state index is 0.0740. The Balaban J connectivity index is 1.71. The van der Waals surface area contributed by atoms with Crippen molar-refractivity contribution in [3.63, 3.8) is 0 Å². The second-order valence-corrected chi connectivity index (χ2v) is 8.03. The second-order valence-electron chi connectivity index (χ2n) is 8.03. The third-order valence-corrected chi connectivity index (χ3v) is 6.03. The van der Waals surface area contributed by atoms with E-state index < -0.39 is 0 Å². The van der Waals surface area contributed by atoms with Crippen molar-refractivity contribution in [3.8, 4) is 0 Å². The number of rotatable bonds is 2. The number of aliphatic hydroxyl groups is 1. The highest BCUT2D eigenvalue weighted by Gasteiger charge is 2.43. The van der Waals surface area contributed by atoms with Gasteiger partial charge >= 0.3 is 0 Å². The molecular formula is C17H31NO. The van der Waals surface area contributed by atoms with Crippen LogP contribution in [0.15, 0.2) is 0 Å². The minimum Gasteiger partial charge on any atom is -0.391 e. The first-order chi connectivity index (χ1) is 9.07. The molecule has 0 amide bonds. The van der Waals surface area contributed by atoms with E-state index in [1.54, 1.807) is 0 Å². The molecule has 1 saturated heterocycles. The van der Waals surface area contributed by atoms with E-state index in [4.69, 9.17) is 0 Å². The van der Waals surface area contributed by atoms with Crippen LogP contribution in [0.4, 0.5) is 0 Å². The predicted molar refractivity (Wildman–Crippen MR) is 79.1 cm³/mol. The molecule has 1 heterocycles. The fourth-order valence-electron chi connectivity index (χ4n) is 4.95. The van der Waals surface area contributed by atoms with Crippen LogP contribution in [-0.4, -0.2) is 34.7 Å². The molecule has 19 heavy (non-hydrogen) atoms. The molecule has 2 aliphatic carbocycles. The molecule has 2 heteroatoms. The number of likely N-dealkylation sites (tertiary alicyclic amines) is 1. The smallest absolute Gasteiger partial charge is 0.0695 e. The van der Waals surface area contributed by atoms with Gasteiger partial charge in [-0.15, -0.1) is 0 Å². The lowest BCUT2D eigenvalue weighted by molar-refractivity contribution is -0.0303. The monoisotopic (exact) mass is 265 g/mol. The van der Waals surface area contributed by atoms with Gasteiger partial charge in [-0.2, -0.15) is 0 Å². The van der Waals surface area contributed by atoms with E-state index in [-0.39, 0.29) is 6.10 Å². The van der Waals surface area contributed by atoms with Gasteiger partial charge in [0.25, 0.3) is 0 Å². The third kappa shape index (κ3) is 2.85. The Kier molecular flexibility index (Phi) is 3.92. The van der Waals surface area contributed by atoms with Gasteiger partial charge in [0, 0.05) is 12.1 Å². The van der Waals surface area contributed by atoms with E-state index >= 15 is 0 Å². The molecule has 0 aromatic rings. The van der Waals surface area contributed by atoms with Crippen LogP contribution in [0.1, 0.15) is 71.6 Å². The van der Waals surface area contributed by atoms with Crippen LogP contribution in [0.25, 0.3) is 0 Å². The molecule has 2 nitrogen and oxygen atoms in total. The van der Waals surface area contributed by atoms with Crippen LogP contribution in [0, 0.1) is 11.3 Å². The molecule has 0 bridgehead atoms. The zero-order valence-electron chi connectivity index (χ0n) is 12.8. The fourth-order valence-corrected chi connectivity index (χ4v) is 4.95. The Morgan fingerprint density at radius 1 is 0.947 bits per heavy atom. The van der Waals surface area contributed by atoms with Gasteiger partial charge in [0.1, 0.15) is 0 Å². The predicted octanol–water partition coefficient (Wildman–Crippen LogP) is 3.58. The van der Waals surface area contributed by atoms with Crippen molar-refractivity contribution < 1.29 is 5.11 Å². The summed E-state index contributed by atoms with van der Waals surface area (Å²) < 4.78 is 0. The molecule has 0 radical (unpaired) electrons. The van der Waals surface area contributed by atoms with Gasteiger partial charge in [-0.1, -0.05) is 26.7 Å². The van der Waals surface area contributed by atoms with Crippen molar-refractivity contribution in [3.05, 3.63) is 0 Å². The molecule has 1 aliphatic heterocycles. The summed E-state index contributed by atoms with van der Waals surface area (Å²) in [5, 5.41) is 10.5. The highest BCUT2D eigenvalue weighted by Crippen LogP contribution is 2.42. The summed E-state index contributed by atoms with van der Waals surface area (Å²) in [5.74, 6) is 0.930. The summed E-state index contributed by atoms with van der Waals surface area (Å²) in [6.07, 6.45) is 11.8. The lowest BCUT2D eigenvalue weighted by atomic mass is 9.73. The van der Waals surface area contributed by atoms with Gasteiger partial charge in [0.05, 0.1) is 6.10 Å². The molecule has 3 atom stereocenters. The number of hydrogen-bond acceptors (Lipinski definition) is 2.